The molecule has 0 saturated heterocycles. The van der Waals surface area contributed by atoms with Gasteiger partial charge in [-0.2, -0.15) is 0 Å². The zero-order valence-corrected chi connectivity index (χ0v) is 13.1. The van der Waals surface area contributed by atoms with Crippen molar-refractivity contribution in [1.29, 1.82) is 0 Å². The van der Waals surface area contributed by atoms with Crippen molar-refractivity contribution in [2.24, 2.45) is 0 Å². The second kappa shape index (κ2) is 7.23. The van der Waals surface area contributed by atoms with E-state index in [-0.39, 0.29) is 5.75 Å². The molecule has 2 N–H and O–H groups in total. The summed E-state index contributed by atoms with van der Waals surface area (Å²) in [5.41, 5.74) is 2.32. The van der Waals surface area contributed by atoms with Crippen LogP contribution in [0.4, 0.5) is 0 Å². The molecule has 0 bridgehead atoms. The van der Waals surface area contributed by atoms with Gasteiger partial charge in [0.2, 0.25) is 10.0 Å². The third kappa shape index (κ3) is 5.48. The molecule has 0 fully saturated rings. The third-order valence-corrected chi connectivity index (χ3v) is 4.80. The van der Waals surface area contributed by atoms with Gasteiger partial charge in [0.1, 0.15) is 0 Å². The maximum Gasteiger partial charge on any atom is 0.212 e. The highest BCUT2D eigenvalue weighted by Crippen LogP contribution is 2.17. The van der Waals surface area contributed by atoms with Crippen molar-refractivity contribution < 1.29 is 8.42 Å². The van der Waals surface area contributed by atoms with Gasteiger partial charge in [0.15, 0.2) is 0 Å². The van der Waals surface area contributed by atoms with Gasteiger partial charge in [-0.3, -0.25) is 0 Å². The van der Waals surface area contributed by atoms with Crippen molar-refractivity contribution in [3.05, 3.63) is 33.8 Å². The van der Waals surface area contributed by atoms with Gasteiger partial charge in [0.25, 0.3) is 0 Å². The van der Waals surface area contributed by atoms with Crippen molar-refractivity contribution in [3.8, 4) is 0 Å². The minimum atomic E-state index is -3.12. The Morgan fingerprint density at radius 3 is 2.67 bits per heavy atom. The Hall–Kier alpha value is -0.430. The van der Waals surface area contributed by atoms with Crippen molar-refractivity contribution in [2.45, 2.75) is 20.4 Å². The molecule has 0 radical (unpaired) electrons. The molecule has 0 unspecified atom stereocenters. The Labute approximate surface area is 117 Å². The molecule has 0 heterocycles. The number of hydrogen-bond donors (Lipinski definition) is 2. The molecular weight excluding hydrogens is 316 g/mol. The summed E-state index contributed by atoms with van der Waals surface area (Å²) >= 11 is 3.47. The van der Waals surface area contributed by atoms with Crippen LogP contribution in [0.1, 0.15) is 18.1 Å². The highest BCUT2D eigenvalue weighted by molar-refractivity contribution is 9.10. The molecule has 0 aliphatic heterocycles. The smallest absolute Gasteiger partial charge is 0.212 e. The van der Waals surface area contributed by atoms with Gasteiger partial charge in [-0.25, -0.2) is 13.1 Å². The van der Waals surface area contributed by atoms with Gasteiger partial charge in [0, 0.05) is 24.1 Å². The Kier molecular flexibility index (Phi) is 6.28. The number of halogens is 1. The predicted octanol–water partition coefficient (Wildman–Crippen LogP) is 1.79. The molecule has 4 nitrogen and oxygen atoms in total. The van der Waals surface area contributed by atoms with Crippen LogP contribution in [-0.4, -0.2) is 27.3 Å². The quantitative estimate of drug-likeness (QED) is 0.747. The Bertz CT molecular complexity index is 489. The maximum atomic E-state index is 11.4. The van der Waals surface area contributed by atoms with E-state index in [0.717, 1.165) is 10.0 Å². The fourth-order valence-corrected chi connectivity index (χ4v) is 2.90. The molecule has 18 heavy (non-hydrogen) atoms. The predicted molar refractivity (Wildman–Crippen MR) is 78.0 cm³/mol. The van der Waals surface area contributed by atoms with Crippen LogP contribution in [0.2, 0.25) is 0 Å². The standard InChI is InChI=1S/C12H19BrN2O2S/c1-3-15-18(16,17)7-6-14-9-11-5-4-10(2)12(13)8-11/h4-5,8,14-15H,3,6-7,9H2,1-2H3. The van der Waals surface area contributed by atoms with Gasteiger partial charge in [-0.05, 0) is 24.1 Å². The molecule has 0 aliphatic carbocycles. The van der Waals surface area contributed by atoms with E-state index in [1.807, 2.05) is 25.1 Å². The Morgan fingerprint density at radius 1 is 1.33 bits per heavy atom. The van der Waals surface area contributed by atoms with E-state index in [1.165, 1.54) is 5.56 Å². The second-order valence-corrected chi connectivity index (χ2v) is 6.86. The van der Waals surface area contributed by atoms with E-state index < -0.39 is 10.0 Å². The molecule has 0 amide bonds. The Morgan fingerprint density at radius 2 is 2.06 bits per heavy atom. The van der Waals surface area contributed by atoms with Crippen LogP contribution in [0.15, 0.2) is 22.7 Å². The summed E-state index contributed by atoms with van der Waals surface area (Å²) in [6, 6.07) is 6.11. The number of hydrogen-bond acceptors (Lipinski definition) is 3. The number of aryl methyl sites for hydroxylation is 1. The number of sulfonamides is 1. The molecule has 6 heteroatoms. The first-order chi connectivity index (χ1) is 8.44. The van der Waals surface area contributed by atoms with E-state index >= 15 is 0 Å². The molecule has 0 aromatic heterocycles. The van der Waals surface area contributed by atoms with Gasteiger partial charge in [0.05, 0.1) is 5.75 Å². The normalized spacial score (nSPS) is 11.7. The summed E-state index contributed by atoms with van der Waals surface area (Å²) in [6.45, 7) is 5.35. The van der Waals surface area contributed by atoms with Crippen LogP contribution in [0.25, 0.3) is 0 Å². The van der Waals surface area contributed by atoms with Crippen LogP contribution >= 0.6 is 15.9 Å². The first-order valence-electron chi connectivity index (χ1n) is 5.87. The maximum absolute atomic E-state index is 11.4. The summed E-state index contributed by atoms with van der Waals surface area (Å²) < 4.78 is 26.3. The first kappa shape index (κ1) is 15.6. The molecule has 0 aliphatic rings. The van der Waals surface area contributed by atoms with Crippen molar-refractivity contribution in [1.82, 2.24) is 10.0 Å². The molecule has 0 atom stereocenters. The molecule has 1 aromatic carbocycles. The number of nitrogens with one attached hydrogen (secondary N) is 2. The molecule has 1 rings (SSSR count). The van der Waals surface area contributed by atoms with Gasteiger partial charge in [-0.15, -0.1) is 0 Å². The van der Waals surface area contributed by atoms with Crippen LogP contribution < -0.4 is 10.0 Å². The lowest BCUT2D eigenvalue weighted by atomic mass is 10.1. The van der Waals surface area contributed by atoms with Crippen molar-refractivity contribution in [2.75, 3.05) is 18.8 Å². The van der Waals surface area contributed by atoms with E-state index in [9.17, 15) is 8.42 Å². The van der Waals surface area contributed by atoms with E-state index in [2.05, 4.69) is 26.0 Å². The molecular formula is C12H19BrN2O2S. The zero-order chi connectivity index (χ0) is 13.6. The lowest BCUT2D eigenvalue weighted by Crippen LogP contribution is -2.31. The van der Waals surface area contributed by atoms with Gasteiger partial charge < -0.3 is 5.32 Å². The summed E-state index contributed by atoms with van der Waals surface area (Å²) in [4.78, 5) is 0. The van der Waals surface area contributed by atoms with Gasteiger partial charge in [-0.1, -0.05) is 35.0 Å². The highest BCUT2D eigenvalue weighted by atomic mass is 79.9. The van der Waals surface area contributed by atoms with Crippen LogP contribution in [0.5, 0.6) is 0 Å². The molecule has 1 aromatic rings. The summed E-state index contributed by atoms with van der Waals surface area (Å²) in [6.07, 6.45) is 0. The third-order valence-electron chi connectivity index (χ3n) is 2.48. The Balaban J connectivity index is 2.36. The van der Waals surface area contributed by atoms with E-state index in [0.29, 0.717) is 19.6 Å². The summed E-state index contributed by atoms with van der Waals surface area (Å²) in [7, 11) is -3.12. The average molecular weight is 335 g/mol. The SMILES string of the molecule is CCNS(=O)(=O)CCNCc1ccc(C)c(Br)c1. The lowest BCUT2D eigenvalue weighted by Gasteiger charge is -2.07. The van der Waals surface area contributed by atoms with Crippen molar-refractivity contribution in [3.63, 3.8) is 0 Å². The minimum Gasteiger partial charge on any atom is -0.312 e. The monoisotopic (exact) mass is 334 g/mol. The lowest BCUT2D eigenvalue weighted by molar-refractivity contribution is 0.578. The highest BCUT2D eigenvalue weighted by Gasteiger charge is 2.07. The molecule has 0 spiro atoms. The minimum absolute atomic E-state index is 0.105. The summed E-state index contributed by atoms with van der Waals surface area (Å²) in [5.74, 6) is 0.105. The van der Waals surface area contributed by atoms with E-state index in [4.69, 9.17) is 0 Å². The number of rotatable bonds is 7. The summed E-state index contributed by atoms with van der Waals surface area (Å²) in [5, 5.41) is 3.12. The second-order valence-electron chi connectivity index (χ2n) is 4.08. The van der Waals surface area contributed by atoms with E-state index in [1.54, 1.807) is 6.92 Å². The average Bonchev–Trinajstić information content (AvgIpc) is 2.29. The van der Waals surface area contributed by atoms with Gasteiger partial charge >= 0.3 is 0 Å². The fraction of sp³-hybridized carbons (Fsp3) is 0.500. The van der Waals surface area contributed by atoms with Crippen LogP contribution in [0, 0.1) is 6.92 Å². The molecule has 0 saturated carbocycles. The largest absolute Gasteiger partial charge is 0.312 e. The molecule has 102 valence electrons. The topological polar surface area (TPSA) is 58.2 Å². The van der Waals surface area contributed by atoms with Crippen molar-refractivity contribution >= 4 is 26.0 Å². The zero-order valence-electron chi connectivity index (χ0n) is 10.7. The first-order valence-corrected chi connectivity index (χ1v) is 8.32. The fourth-order valence-electron chi connectivity index (χ4n) is 1.48. The number of benzene rings is 1. The van der Waals surface area contributed by atoms with Crippen LogP contribution in [-0.2, 0) is 16.6 Å². The van der Waals surface area contributed by atoms with Crippen LogP contribution in [0.3, 0.4) is 0 Å².